The lowest BCUT2D eigenvalue weighted by Gasteiger charge is -2.41. The predicted molar refractivity (Wildman–Crippen MR) is 78.7 cm³/mol. The Morgan fingerprint density at radius 1 is 1.35 bits per heavy atom. The largest absolute Gasteiger partial charge is 0.368 e. The van der Waals surface area contributed by atoms with E-state index in [4.69, 9.17) is 4.74 Å². The lowest BCUT2D eigenvalue weighted by Crippen LogP contribution is -2.49. The summed E-state index contributed by atoms with van der Waals surface area (Å²) >= 11 is 0. The van der Waals surface area contributed by atoms with Gasteiger partial charge in [0, 0.05) is 31.0 Å². The molecular formula is C15H26N4O. The molecule has 0 aliphatic carbocycles. The molecule has 20 heavy (non-hydrogen) atoms. The first kappa shape index (κ1) is 14.0. The van der Waals surface area contributed by atoms with Crippen molar-refractivity contribution in [2.24, 2.45) is 0 Å². The minimum Gasteiger partial charge on any atom is -0.368 e. The second-order valence-electron chi connectivity index (χ2n) is 5.97. The minimum atomic E-state index is 0.113. The zero-order valence-corrected chi connectivity index (χ0v) is 12.6. The number of rotatable bonds is 3. The van der Waals surface area contributed by atoms with Gasteiger partial charge in [-0.25, -0.2) is 4.98 Å². The summed E-state index contributed by atoms with van der Waals surface area (Å²) in [7, 11) is 0. The van der Waals surface area contributed by atoms with Crippen molar-refractivity contribution >= 4 is 0 Å². The number of aryl methyl sites for hydroxylation is 1. The minimum absolute atomic E-state index is 0.113. The lowest BCUT2D eigenvalue weighted by molar-refractivity contribution is -0.0566. The number of morpholine rings is 1. The molecule has 0 spiro atoms. The van der Waals surface area contributed by atoms with Gasteiger partial charge in [-0.1, -0.05) is 6.92 Å². The Bertz CT molecular complexity index is 425. The Labute approximate surface area is 121 Å². The van der Waals surface area contributed by atoms with Crippen LogP contribution in [0.25, 0.3) is 0 Å². The third-order valence-electron chi connectivity index (χ3n) is 4.65. The van der Waals surface area contributed by atoms with Gasteiger partial charge in [-0.2, -0.15) is 0 Å². The van der Waals surface area contributed by atoms with E-state index in [9.17, 15) is 0 Å². The van der Waals surface area contributed by atoms with Crippen LogP contribution in [0.3, 0.4) is 0 Å². The SMILES string of the molecule is CCN1CCC(N2CCO[C@H](c3ncc(C)[nH]3)C2)CC1. The zero-order valence-electron chi connectivity index (χ0n) is 12.6. The Hall–Kier alpha value is -0.910. The number of piperidine rings is 1. The molecule has 5 nitrogen and oxygen atoms in total. The first-order valence-electron chi connectivity index (χ1n) is 7.85. The van der Waals surface area contributed by atoms with Crippen molar-refractivity contribution in [2.75, 3.05) is 39.3 Å². The van der Waals surface area contributed by atoms with Crippen molar-refractivity contribution < 1.29 is 4.74 Å². The van der Waals surface area contributed by atoms with E-state index in [0.717, 1.165) is 37.3 Å². The first-order chi connectivity index (χ1) is 9.76. The Morgan fingerprint density at radius 2 is 2.15 bits per heavy atom. The van der Waals surface area contributed by atoms with Crippen LogP contribution in [0.4, 0.5) is 0 Å². The molecule has 1 N–H and O–H groups in total. The Kier molecular flexibility index (Phi) is 4.38. The van der Waals surface area contributed by atoms with E-state index in [1.165, 1.54) is 32.5 Å². The van der Waals surface area contributed by atoms with Crippen LogP contribution in [-0.4, -0.2) is 65.1 Å². The molecule has 0 aromatic carbocycles. The fourth-order valence-electron chi connectivity index (χ4n) is 3.36. The van der Waals surface area contributed by atoms with Crippen LogP contribution in [0.15, 0.2) is 6.20 Å². The molecule has 3 rings (SSSR count). The summed E-state index contributed by atoms with van der Waals surface area (Å²) in [4.78, 5) is 12.9. The number of imidazole rings is 1. The van der Waals surface area contributed by atoms with Gasteiger partial charge in [0.15, 0.2) is 0 Å². The van der Waals surface area contributed by atoms with Crippen molar-refractivity contribution in [1.82, 2.24) is 19.8 Å². The van der Waals surface area contributed by atoms with Gasteiger partial charge in [-0.15, -0.1) is 0 Å². The summed E-state index contributed by atoms with van der Waals surface area (Å²) in [5, 5.41) is 0. The van der Waals surface area contributed by atoms with Gasteiger partial charge in [0.05, 0.1) is 6.61 Å². The summed E-state index contributed by atoms with van der Waals surface area (Å²) in [5.41, 5.74) is 1.11. The molecule has 0 amide bonds. The smallest absolute Gasteiger partial charge is 0.136 e. The number of nitrogens with one attached hydrogen (secondary N) is 1. The number of likely N-dealkylation sites (tertiary alicyclic amines) is 1. The van der Waals surface area contributed by atoms with Crippen molar-refractivity contribution in [3.05, 3.63) is 17.7 Å². The van der Waals surface area contributed by atoms with E-state index in [0.29, 0.717) is 0 Å². The Balaban J connectivity index is 1.58. The number of aromatic nitrogens is 2. The molecule has 1 atom stereocenters. The summed E-state index contributed by atoms with van der Waals surface area (Å²) in [6.07, 6.45) is 4.58. The van der Waals surface area contributed by atoms with Crippen LogP contribution in [0.5, 0.6) is 0 Å². The molecule has 3 heterocycles. The maximum Gasteiger partial charge on any atom is 0.136 e. The van der Waals surface area contributed by atoms with Crippen LogP contribution in [0.1, 0.15) is 37.4 Å². The van der Waals surface area contributed by atoms with E-state index < -0.39 is 0 Å². The molecule has 2 aliphatic heterocycles. The summed E-state index contributed by atoms with van der Waals surface area (Å²) in [6, 6.07) is 0.722. The molecule has 5 heteroatoms. The van der Waals surface area contributed by atoms with E-state index in [2.05, 4.69) is 26.7 Å². The molecule has 0 radical (unpaired) electrons. The number of H-pyrrole nitrogens is 1. The predicted octanol–water partition coefficient (Wildman–Crippen LogP) is 1.58. The standard InChI is InChI=1S/C15H26N4O/c1-3-18-6-4-13(5-7-18)19-8-9-20-14(11-19)15-16-10-12(2)17-15/h10,13-14H,3-9,11H2,1-2H3,(H,16,17)/t14-/m0/s1. The molecule has 1 aromatic heterocycles. The van der Waals surface area contributed by atoms with Crippen LogP contribution in [0.2, 0.25) is 0 Å². The summed E-state index contributed by atoms with van der Waals surface area (Å²) in [5.74, 6) is 0.984. The van der Waals surface area contributed by atoms with E-state index in [-0.39, 0.29) is 6.10 Å². The molecule has 0 unspecified atom stereocenters. The molecule has 2 aliphatic rings. The second kappa shape index (κ2) is 6.24. The molecule has 0 bridgehead atoms. The third kappa shape index (κ3) is 3.05. The van der Waals surface area contributed by atoms with Crippen LogP contribution >= 0.6 is 0 Å². The van der Waals surface area contributed by atoms with Crippen LogP contribution < -0.4 is 0 Å². The van der Waals surface area contributed by atoms with Gasteiger partial charge in [0.2, 0.25) is 0 Å². The fourth-order valence-corrected chi connectivity index (χ4v) is 3.36. The number of nitrogens with zero attached hydrogens (tertiary/aromatic N) is 3. The summed E-state index contributed by atoms with van der Waals surface area (Å²) in [6.45, 7) is 10.8. The highest BCUT2D eigenvalue weighted by Gasteiger charge is 2.30. The van der Waals surface area contributed by atoms with Gasteiger partial charge in [-0.05, 0) is 39.4 Å². The van der Waals surface area contributed by atoms with Crippen LogP contribution in [-0.2, 0) is 4.74 Å². The molecule has 2 fully saturated rings. The van der Waals surface area contributed by atoms with Crippen molar-refractivity contribution in [3.63, 3.8) is 0 Å². The molecular weight excluding hydrogens is 252 g/mol. The second-order valence-corrected chi connectivity index (χ2v) is 5.97. The maximum absolute atomic E-state index is 5.89. The average molecular weight is 278 g/mol. The van der Waals surface area contributed by atoms with Gasteiger partial charge in [-0.3, -0.25) is 4.90 Å². The van der Waals surface area contributed by atoms with E-state index >= 15 is 0 Å². The van der Waals surface area contributed by atoms with Gasteiger partial charge in [0.25, 0.3) is 0 Å². The molecule has 0 saturated carbocycles. The molecule has 2 saturated heterocycles. The maximum atomic E-state index is 5.89. The van der Waals surface area contributed by atoms with Crippen molar-refractivity contribution in [1.29, 1.82) is 0 Å². The number of ether oxygens (including phenoxy) is 1. The highest BCUT2D eigenvalue weighted by atomic mass is 16.5. The number of hydrogen-bond donors (Lipinski definition) is 1. The topological polar surface area (TPSA) is 44.4 Å². The van der Waals surface area contributed by atoms with Crippen molar-refractivity contribution in [2.45, 2.75) is 38.8 Å². The fraction of sp³-hybridized carbons (Fsp3) is 0.800. The highest BCUT2D eigenvalue weighted by Crippen LogP contribution is 2.24. The zero-order chi connectivity index (χ0) is 13.9. The van der Waals surface area contributed by atoms with E-state index in [1.54, 1.807) is 0 Å². The van der Waals surface area contributed by atoms with Gasteiger partial charge >= 0.3 is 0 Å². The highest BCUT2D eigenvalue weighted by molar-refractivity contribution is 5.03. The quantitative estimate of drug-likeness (QED) is 0.911. The number of aromatic amines is 1. The van der Waals surface area contributed by atoms with Gasteiger partial charge in [0.1, 0.15) is 11.9 Å². The third-order valence-corrected chi connectivity index (χ3v) is 4.65. The van der Waals surface area contributed by atoms with Crippen LogP contribution in [0, 0.1) is 6.92 Å². The summed E-state index contributed by atoms with van der Waals surface area (Å²) < 4.78 is 5.89. The monoisotopic (exact) mass is 278 g/mol. The molecule has 1 aromatic rings. The number of hydrogen-bond acceptors (Lipinski definition) is 4. The lowest BCUT2D eigenvalue weighted by atomic mass is 10.0. The molecule has 112 valence electrons. The normalized spacial score (nSPS) is 27.0. The Morgan fingerprint density at radius 3 is 2.80 bits per heavy atom. The average Bonchev–Trinajstić information content (AvgIpc) is 2.94. The van der Waals surface area contributed by atoms with Crippen molar-refractivity contribution in [3.8, 4) is 0 Å². The van der Waals surface area contributed by atoms with Gasteiger partial charge < -0.3 is 14.6 Å². The van der Waals surface area contributed by atoms with E-state index in [1.807, 2.05) is 13.1 Å². The first-order valence-corrected chi connectivity index (χ1v) is 7.85.